The van der Waals surface area contributed by atoms with E-state index in [1.807, 2.05) is 12.1 Å². The third-order valence-corrected chi connectivity index (χ3v) is 3.39. The Hall–Kier alpha value is -2.95. The molecule has 0 saturated carbocycles. The number of rotatable bonds is 6. The minimum Gasteiger partial charge on any atom is -0.469 e. The molecule has 0 heterocycles. The van der Waals surface area contributed by atoms with Gasteiger partial charge in [-0.2, -0.15) is 0 Å². The molecule has 118 valence electrons. The van der Waals surface area contributed by atoms with Crippen molar-refractivity contribution in [3.63, 3.8) is 0 Å². The lowest BCUT2D eigenvalue weighted by Gasteiger charge is -2.07. The Morgan fingerprint density at radius 1 is 1.09 bits per heavy atom. The van der Waals surface area contributed by atoms with Crippen molar-refractivity contribution in [1.29, 1.82) is 0 Å². The predicted molar refractivity (Wildman–Crippen MR) is 86.2 cm³/mol. The average molecular weight is 311 g/mol. The second kappa shape index (κ2) is 7.89. The fourth-order valence-corrected chi connectivity index (χ4v) is 2.15. The van der Waals surface area contributed by atoms with Gasteiger partial charge in [0, 0.05) is 17.7 Å². The van der Waals surface area contributed by atoms with E-state index in [2.05, 4.69) is 10.1 Å². The molecule has 5 nitrogen and oxygen atoms in total. The van der Waals surface area contributed by atoms with E-state index in [1.165, 1.54) is 7.11 Å². The fraction of sp³-hybridized carbons (Fsp3) is 0.167. The van der Waals surface area contributed by atoms with Gasteiger partial charge in [0.15, 0.2) is 6.29 Å². The first-order chi connectivity index (χ1) is 11.2. The molecule has 0 aliphatic carbocycles. The average Bonchev–Trinajstić information content (AvgIpc) is 2.61. The van der Waals surface area contributed by atoms with Crippen LogP contribution >= 0.6 is 0 Å². The van der Waals surface area contributed by atoms with E-state index in [4.69, 9.17) is 0 Å². The number of amides is 1. The molecule has 2 aromatic carbocycles. The van der Waals surface area contributed by atoms with Gasteiger partial charge in [-0.25, -0.2) is 0 Å². The van der Waals surface area contributed by atoms with Crippen LogP contribution in [0.2, 0.25) is 0 Å². The normalized spacial score (nSPS) is 9.96. The summed E-state index contributed by atoms with van der Waals surface area (Å²) < 4.78 is 4.51. The van der Waals surface area contributed by atoms with Gasteiger partial charge in [-0.3, -0.25) is 14.4 Å². The molecule has 0 atom stereocenters. The van der Waals surface area contributed by atoms with Gasteiger partial charge in [-0.15, -0.1) is 0 Å². The number of nitrogens with one attached hydrogen (secondary N) is 1. The van der Waals surface area contributed by atoms with Crippen molar-refractivity contribution < 1.29 is 19.1 Å². The number of aldehydes is 1. The molecule has 0 bridgehead atoms. The van der Waals surface area contributed by atoms with E-state index in [1.54, 1.807) is 36.4 Å². The summed E-state index contributed by atoms with van der Waals surface area (Å²) in [5, 5.41) is 2.65. The van der Waals surface area contributed by atoms with E-state index in [-0.39, 0.29) is 24.8 Å². The SMILES string of the molecule is COC(=O)CCNC(=O)c1ccc(-c2ccccc2C=O)cc1. The van der Waals surface area contributed by atoms with Crippen molar-refractivity contribution in [3.05, 3.63) is 59.7 Å². The summed E-state index contributed by atoms with van der Waals surface area (Å²) in [6.45, 7) is 0.223. The van der Waals surface area contributed by atoms with Crippen LogP contribution in [0.5, 0.6) is 0 Å². The van der Waals surface area contributed by atoms with Crippen LogP contribution in [0.3, 0.4) is 0 Å². The first-order valence-electron chi connectivity index (χ1n) is 7.15. The van der Waals surface area contributed by atoms with Gasteiger partial charge in [-0.05, 0) is 23.3 Å². The molecule has 23 heavy (non-hydrogen) atoms. The third-order valence-electron chi connectivity index (χ3n) is 3.39. The topological polar surface area (TPSA) is 72.5 Å². The first kappa shape index (κ1) is 16.4. The summed E-state index contributed by atoms with van der Waals surface area (Å²) >= 11 is 0. The van der Waals surface area contributed by atoms with Gasteiger partial charge < -0.3 is 10.1 Å². The zero-order valence-electron chi connectivity index (χ0n) is 12.7. The molecule has 5 heteroatoms. The molecule has 0 unspecified atom stereocenters. The Morgan fingerprint density at radius 3 is 2.43 bits per heavy atom. The number of hydrogen-bond donors (Lipinski definition) is 1. The number of methoxy groups -OCH3 is 1. The predicted octanol–water partition coefficient (Wildman–Crippen LogP) is 2.46. The molecule has 1 N–H and O–H groups in total. The second-order valence-electron chi connectivity index (χ2n) is 4.86. The molecule has 2 aromatic rings. The highest BCUT2D eigenvalue weighted by Crippen LogP contribution is 2.22. The van der Waals surface area contributed by atoms with Gasteiger partial charge >= 0.3 is 5.97 Å². The van der Waals surface area contributed by atoms with Crippen LogP contribution in [0.4, 0.5) is 0 Å². The Morgan fingerprint density at radius 2 is 1.78 bits per heavy atom. The van der Waals surface area contributed by atoms with E-state index in [0.717, 1.165) is 17.4 Å². The molecule has 0 spiro atoms. The fourth-order valence-electron chi connectivity index (χ4n) is 2.15. The highest BCUT2D eigenvalue weighted by molar-refractivity contribution is 5.95. The highest BCUT2D eigenvalue weighted by atomic mass is 16.5. The van der Waals surface area contributed by atoms with Crippen molar-refractivity contribution >= 4 is 18.2 Å². The van der Waals surface area contributed by atoms with Crippen LogP contribution in [0, 0.1) is 0 Å². The lowest BCUT2D eigenvalue weighted by Crippen LogP contribution is -2.26. The first-order valence-corrected chi connectivity index (χ1v) is 7.15. The maximum Gasteiger partial charge on any atom is 0.307 e. The number of benzene rings is 2. The van der Waals surface area contributed by atoms with E-state index < -0.39 is 0 Å². The van der Waals surface area contributed by atoms with E-state index in [0.29, 0.717) is 11.1 Å². The summed E-state index contributed by atoms with van der Waals surface area (Å²) in [6, 6.07) is 14.2. The van der Waals surface area contributed by atoms with Gasteiger partial charge in [0.05, 0.1) is 13.5 Å². The number of esters is 1. The van der Waals surface area contributed by atoms with Crippen molar-refractivity contribution in [1.82, 2.24) is 5.32 Å². The zero-order valence-corrected chi connectivity index (χ0v) is 12.7. The van der Waals surface area contributed by atoms with E-state index >= 15 is 0 Å². The summed E-state index contributed by atoms with van der Waals surface area (Å²) in [5.74, 6) is -0.629. The van der Waals surface area contributed by atoms with Crippen molar-refractivity contribution in [3.8, 4) is 11.1 Å². The Bertz CT molecular complexity index is 707. The van der Waals surface area contributed by atoms with Gasteiger partial charge in [0.2, 0.25) is 0 Å². The summed E-state index contributed by atoms with van der Waals surface area (Å²) in [7, 11) is 1.31. The Labute approximate surface area is 134 Å². The number of carbonyl (C=O) groups is 3. The monoisotopic (exact) mass is 311 g/mol. The minimum atomic E-state index is -0.369. The van der Waals surface area contributed by atoms with Crippen molar-refractivity contribution in [2.75, 3.05) is 13.7 Å². The van der Waals surface area contributed by atoms with Gasteiger partial charge in [0.1, 0.15) is 0 Å². The van der Waals surface area contributed by atoms with Crippen LogP contribution in [-0.2, 0) is 9.53 Å². The second-order valence-corrected chi connectivity index (χ2v) is 4.86. The zero-order chi connectivity index (χ0) is 16.7. The maximum absolute atomic E-state index is 12.0. The lowest BCUT2D eigenvalue weighted by molar-refractivity contribution is -0.140. The molecule has 0 aliphatic rings. The lowest BCUT2D eigenvalue weighted by atomic mass is 9.99. The van der Waals surface area contributed by atoms with Crippen molar-refractivity contribution in [2.24, 2.45) is 0 Å². The molecular weight excluding hydrogens is 294 g/mol. The number of hydrogen-bond acceptors (Lipinski definition) is 4. The summed E-state index contributed by atoms with van der Waals surface area (Å²) in [5.41, 5.74) is 2.77. The van der Waals surface area contributed by atoms with Gasteiger partial charge in [-0.1, -0.05) is 36.4 Å². The number of ether oxygens (including phenoxy) is 1. The third kappa shape index (κ3) is 4.26. The van der Waals surface area contributed by atoms with Crippen molar-refractivity contribution in [2.45, 2.75) is 6.42 Å². The standard InChI is InChI=1S/C18H17NO4/c1-23-17(21)10-11-19-18(22)14-8-6-13(7-9-14)16-5-3-2-4-15(16)12-20/h2-9,12H,10-11H2,1H3,(H,19,22). The molecule has 1 amide bonds. The Balaban J connectivity index is 2.06. The van der Waals surface area contributed by atoms with Crippen LogP contribution < -0.4 is 5.32 Å². The number of carbonyl (C=O) groups excluding carboxylic acids is 3. The molecule has 0 fully saturated rings. The van der Waals surface area contributed by atoms with Crippen LogP contribution in [0.1, 0.15) is 27.1 Å². The van der Waals surface area contributed by atoms with Crippen LogP contribution in [0.15, 0.2) is 48.5 Å². The highest BCUT2D eigenvalue weighted by Gasteiger charge is 2.08. The molecule has 0 radical (unpaired) electrons. The molecule has 0 saturated heterocycles. The Kier molecular flexibility index (Phi) is 5.63. The van der Waals surface area contributed by atoms with Crippen LogP contribution in [0.25, 0.3) is 11.1 Å². The van der Waals surface area contributed by atoms with E-state index in [9.17, 15) is 14.4 Å². The van der Waals surface area contributed by atoms with Crippen LogP contribution in [-0.4, -0.2) is 31.8 Å². The maximum atomic E-state index is 12.0. The molecular formula is C18H17NO4. The summed E-state index contributed by atoms with van der Waals surface area (Å²) in [6.07, 6.45) is 0.940. The largest absolute Gasteiger partial charge is 0.469 e. The molecule has 2 rings (SSSR count). The minimum absolute atomic E-state index is 0.132. The molecule has 0 aromatic heterocycles. The summed E-state index contributed by atoms with van der Waals surface area (Å²) in [4.78, 5) is 34.0. The smallest absolute Gasteiger partial charge is 0.307 e. The van der Waals surface area contributed by atoms with Gasteiger partial charge in [0.25, 0.3) is 5.91 Å². The quantitative estimate of drug-likeness (QED) is 0.657. The molecule has 0 aliphatic heterocycles.